The molecule has 1 aromatic rings. The topological polar surface area (TPSA) is 92.8 Å². The molecular weight excluding hydrogens is 396 g/mol. The maximum absolute atomic E-state index is 12.2. The molecule has 1 aromatic carbocycles. The van der Waals surface area contributed by atoms with Gasteiger partial charge in [0.25, 0.3) is 0 Å². The van der Waals surface area contributed by atoms with Gasteiger partial charge in [-0.1, -0.05) is 50.7 Å². The van der Waals surface area contributed by atoms with E-state index in [-0.39, 0.29) is 17.7 Å². The molecule has 2 rings (SSSR count). The van der Waals surface area contributed by atoms with Crippen molar-refractivity contribution in [2.24, 2.45) is 0 Å². The Kier molecular flexibility index (Phi) is 10.8. The molecule has 1 aliphatic rings. The Hall–Kier alpha value is -2.70. The summed E-state index contributed by atoms with van der Waals surface area (Å²) in [7, 11) is 0. The van der Waals surface area contributed by atoms with E-state index in [0.717, 1.165) is 51.4 Å². The highest BCUT2D eigenvalue weighted by molar-refractivity contribution is 6.02. The standard InChI is InChI=1S/C24H34N2O5/c1-2-31-24(30)19-13-10-11-14-20(19)25-21(27)15-9-7-5-3-4-6-8-12-18-26-22(28)16-17-23(26)29/h10-11,13-14H,2-9,12,15-18H2,1H3,(H,25,27). The van der Waals surface area contributed by atoms with Crippen molar-refractivity contribution in [3.8, 4) is 0 Å². The summed E-state index contributed by atoms with van der Waals surface area (Å²) in [6.07, 6.45) is 9.30. The number of hydrogen-bond donors (Lipinski definition) is 1. The van der Waals surface area contributed by atoms with Gasteiger partial charge >= 0.3 is 5.97 Å². The van der Waals surface area contributed by atoms with Crippen molar-refractivity contribution in [3.05, 3.63) is 29.8 Å². The molecule has 1 aliphatic heterocycles. The Balaban J connectivity index is 1.50. The first-order valence-electron chi connectivity index (χ1n) is 11.4. The van der Waals surface area contributed by atoms with Crippen LogP contribution in [-0.2, 0) is 19.1 Å². The fourth-order valence-electron chi connectivity index (χ4n) is 3.68. The van der Waals surface area contributed by atoms with E-state index in [4.69, 9.17) is 4.74 Å². The summed E-state index contributed by atoms with van der Waals surface area (Å²) in [6, 6.07) is 6.88. The molecule has 1 heterocycles. The second-order valence-corrected chi connectivity index (χ2v) is 7.83. The lowest BCUT2D eigenvalue weighted by Crippen LogP contribution is -2.29. The van der Waals surface area contributed by atoms with Crippen LogP contribution in [0.5, 0.6) is 0 Å². The summed E-state index contributed by atoms with van der Waals surface area (Å²) < 4.78 is 5.02. The molecule has 0 radical (unpaired) electrons. The molecule has 0 bridgehead atoms. The summed E-state index contributed by atoms with van der Waals surface area (Å²) >= 11 is 0. The van der Waals surface area contributed by atoms with E-state index in [2.05, 4.69) is 5.32 Å². The van der Waals surface area contributed by atoms with Gasteiger partial charge in [-0.2, -0.15) is 0 Å². The van der Waals surface area contributed by atoms with Gasteiger partial charge in [0.15, 0.2) is 0 Å². The van der Waals surface area contributed by atoms with Crippen LogP contribution in [-0.4, -0.2) is 41.7 Å². The molecule has 31 heavy (non-hydrogen) atoms. The zero-order valence-electron chi connectivity index (χ0n) is 18.5. The number of para-hydroxylation sites is 1. The van der Waals surface area contributed by atoms with Crippen LogP contribution in [0, 0.1) is 0 Å². The summed E-state index contributed by atoms with van der Waals surface area (Å²) in [5.74, 6) is -0.586. The second kappa shape index (κ2) is 13.6. The van der Waals surface area contributed by atoms with Crippen molar-refractivity contribution in [3.63, 3.8) is 0 Å². The Bertz CT molecular complexity index is 746. The van der Waals surface area contributed by atoms with Crippen molar-refractivity contribution < 1.29 is 23.9 Å². The van der Waals surface area contributed by atoms with Crippen molar-refractivity contribution in [1.82, 2.24) is 4.90 Å². The highest BCUT2D eigenvalue weighted by Gasteiger charge is 2.27. The number of nitrogens with zero attached hydrogens (tertiary/aromatic N) is 1. The van der Waals surface area contributed by atoms with Gasteiger partial charge in [0.05, 0.1) is 17.9 Å². The Morgan fingerprint density at radius 2 is 1.48 bits per heavy atom. The van der Waals surface area contributed by atoms with Gasteiger partial charge in [-0.05, 0) is 31.9 Å². The van der Waals surface area contributed by atoms with Gasteiger partial charge in [-0.3, -0.25) is 19.3 Å². The molecule has 0 aliphatic carbocycles. The van der Waals surface area contributed by atoms with E-state index >= 15 is 0 Å². The number of carbonyl (C=O) groups excluding carboxylic acids is 4. The molecule has 0 aromatic heterocycles. The van der Waals surface area contributed by atoms with Gasteiger partial charge in [-0.25, -0.2) is 4.79 Å². The molecule has 1 N–H and O–H groups in total. The molecule has 0 saturated carbocycles. The van der Waals surface area contributed by atoms with Crippen LogP contribution in [0.3, 0.4) is 0 Å². The number of benzene rings is 1. The van der Waals surface area contributed by atoms with E-state index in [0.29, 0.717) is 43.7 Å². The van der Waals surface area contributed by atoms with Crippen LogP contribution in [0.15, 0.2) is 24.3 Å². The smallest absolute Gasteiger partial charge is 0.340 e. The van der Waals surface area contributed by atoms with Gasteiger partial charge in [0.2, 0.25) is 17.7 Å². The molecule has 3 amide bonds. The maximum atomic E-state index is 12.2. The summed E-state index contributed by atoms with van der Waals surface area (Å²) in [5, 5.41) is 2.81. The Labute approximate surface area is 184 Å². The predicted molar refractivity (Wildman–Crippen MR) is 119 cm³/mol. The average molecular weight is 431 g/mol. The molecule has 1 fully saturated rings. The largest absolute Gasteiger partial charge is 0.462 e. The molecule has 1 saturated heterocycles. The third kappa shape index (κ3) is 8.52. The normalized spacial score (nSPS) is 13.5. The maximum Gasteiger partial charge on any atom is 0.340 e. The lowest BCUT2D eigenvalue weighted by molar-refractivity contribution is -0.138. The number of nitrogens with one attached hydrogen (secondary N) is 1. The fraction of sp³-hybridized carbons (Fsp3) is 0.583. The number of unbranched alkanes of at least 4 members (excludes halogenated alkanes) is 7. The average Bonchev–Trinajstić information content (AvgIpc) is 3.07. The van der Waals surface area contributed by atoms with E-state index in [1.165, 1.54) is 4.90 Å². The third-order valence-corrected chi connectivity index (χ3v) is 5.39. The van der Waals surface area contributed by atoms with E-state index in [1.54, 1.807) is 31.2 Å². The molecular formula is C24H34N2O5. The highest BCUT2D eigenvalue weighted by Crippen LogP contribution is 2.18. The van der Waals surface area contributed by atoms with Crippen LogP contribution >= 0.6 is 0 Å². The minimum absolute atomic E-state index is 0.0292. The molecule has 7 heteroatoms. The molecule has 0 unspecified atom stereocenters. The number of hydrogen-bond acceptors (Lipinski definition) is 5. The molecule has 7 nitrogen and oxygen atoms in total. The first-order chi connectivity index (χ1) is 15.0. The minimum atomic E-state index is -0.433. The number of ether oxygens (including phenoxy) is 1. The van der Waals surface area contributed by atoms with Gasteiger partial charge in [0.1, 0.15) is 0 Å². The van der Waals surface area contributed by atoms with E-state index < -0.39 is 5.97 Å². The third-order valence-electron chi connectivity index (χ3n) is 5.39. The number of anilines is 1. The fourth-order valence-corrected chi connectivity index (χ4v) is 3.68. The molecule has 170 valence electrons. The first-order valence-corrected chi connectivity index (χ1v) is 11.4. The number of carbonyl (C=O) groups is 4. The monoisotopic (exact) mass is 430 g/mol. The number of imide groups is 1. The SMILES string of the molecule is CCOC(=O)c1ccccc1NC(=O)CCCCCCCCCCN1C(=O)CCC1=O. The van der Waals surface area contributed by atoms with Crippen LogP contribution < -0.4 is 5.32 Å². The number of likely N-dealkylation sites (tertiary alicyclic amines) is 1. The van der Waals surface area contributed by atoms with Gasteiger partial charge in [0, 0.05) is 25.8 Å². The van der Waals surface area contributed by atoms with Gasteiger partial charge in [-0.15, -0.1) is 0 Å². The minimum Gasteiger partial charge on any atom is -0.462 e. The van der Waals surface area contributed by atoms with E-state index in [9.17, 15) is 19.2 Å². The number of esters is 1. The number of rotatable bonds is 14. The van der Waals surface area contributed by atoms with Crippen LogP contribution in [0.2, 0.25) is 0 Å². The van der Waals surface area contributed by atoms with Crippen molar-refractivity contribution >= 4 is 29.4 Å². The molecule has 0 spiro atoms. The molecule has 0 atom stereocenters. The Morgan fingerprint density at radius 1 is 0.903 bits per heavy atom. The number of amides is 3. The highest BCUT2D eigenvalue weighted by atomic mass is 16.5. The zero-order valence-corrected chi connectivity index (χ0v) is 18.5. The first kappa shape index (κ1) is 24.6. The lowest BCUT2D eigenvalue weighted by atomic mass is 10.1. The van der Waals surface area contributed by atoms with Crippen LogP contribution in [0.4, 0.5) is 5.69 Å². The lowest BCUT2D eigenvalue weighted by Gasteiger charge is -2.13. The van der Waals surface area contributed by atoms with Crippen molar-refractivity contribution in [2.75, 3.05) is 18.5 Å². The van der Waals surface area contributed by atoms with Crippen LogP contribution in [0.25, 0.3) is 0 Å². The predicted octanol–water partition coefficient (Wildman–Crippen LogP) is 4.46. The second-order valence-electron chi connectivity index (χ2n) is 7.83. The van der Waals surface area contributed by atoms with Crippen molar-refractivity contribution in [1.29, 1.82) is 0 Å². The quantitative estimate of drug-likeness (QED) is 0.267. The van der Waals surface area contributed by atoms with Crippen LogP contribution in [0.1, 0.15) is 87.9 Å². The summed E-state index contributed by atoms with van der Waals surface area (Å²) in [4.78, 5) is 48.6. The summed E-state index contributed by atoms with van der Waals surface area (Å²) in [5.41, 5.74) is 0.861. The summed E-state index contributed by atoms with van der Waals surface area (Å²) in [6.45, 7) is 2.60. The van der Waals surface area contributed by atoms with E-state index in [1.807, 2.05) is 0 Å². The van der Waals surface area contributed by atoms with Gasteiger partial charge < -0.3 is 10.1 Å². The zero-order chi connectivity index (χ0) is 22.5. The van der Waals surface area contributed by atoms with Crippen molar-refractivity contribution in [2.45, 2.75) is 77.6 Å². The Morgan fingerprint density at radius 3 is 2.13 bits per heavy atom.